The van der Waals surface area contributed by atoms with Gasteiger partial charge in [0.15, 0.2) is 0 Å². The van der Waals surface area contributed by atoms with Gasteiger partial charge in [-0.15, -0.1) is 0 Å². The molecule has 98 valence electrons. The van der Waals surface area contributed by atoms with Gasteiger partial charge < -0.3 is 5.11 Å². The molecule has 1 atom stereocenters. The zero-order valence-corrected chi connectivity index (χ0v) is 11.1. The molecule has 0 aliphatic heterocycles. The van der Waals surface area contributed by atoms with E-state index >= 15 is 0 Å². The fraction of sp³-hybridized carbons (Fsp3) is 0.647. The van der Waals surface area contributed by atoms with Crippen LogP contribution in [0.2, 0.25) is 0 Å². The van der Waals surface area contributed by atoms with Gasteiger partial charge in [-0.2, -0.15) is 0 Å². The molecular formula is C17H24O. The topological polar surface area (TPSA) is 20.2 Å². The van der Waals surface area contributed by atoms with E-state index in [1.807, 2.05) is 0 Å². The Labute approximate surface area is 110 Å². The number of rotatable bonds is 5. The molecule has 3 rings (SSSR count). The molecule has 0 amide bonds. The quantitative estimate of drug-likeness (QED) is 0.804. The Bertz CT molecular complexity index is 388. The summed E-state index contributed by atoms with van der Waals surface area (Å²) in [4.78, 5) is 0. The molecule has 2 saturated carbocycles. The van der Waals surface area contributed by atoms with Gasteiger partial charge in [0, 0.05) is 0 Å². The molecule has 1 unspecified atom stereocenters. The number of hydrogen-bond donors (Lipinski definition) is 1. The molecular weight excluding hydrogens is 220 g/mol. The van der Waals surface area contributed by atoms with E-state index in [0.29, 0.717) is 0 Å². The molecule has 2 aliphatic rings. The fourth-order valence-electron chi connectivity index (χ4n) is 3.30. The van der Waals surface area contributed by atoms with Crippen LogP contribution in [0.15, 0.2) is 24.3 Å². The molecule has 0 saturated heterocycles. The minimum absolute atomic E-state index is 0.246. The van der Waals surface area contributed by atoms with Crippen molar-refractivity contribution in [2.75, 3.05) is 0 Å². The molecule has 2 aliphatic carbocycles. The van der Waals surface area contributed by atoms with Gasteiger partial charge in [0.05, 0.1) is 6.10 Å². The maximum atomic E-state index is 10.3. The lowest BCUT2D eigenvalue weighted by Gasteiger charge is -2.15. The summed E-state index contributed by atoms with van der Waals surface area (Å²) >= 11 is 0. The molecule has 1 aromatic carbocycles. The zero-order valence-electron chi connectivity index (χ0n) is 11.1. The lowest BCUT2D eigenvalue weighted by molar-refractivity contribution is 0.157. The van der Waals surface area contributed by atoms with E-state index in [1.54, 1.807) is 0 Å². The minimum atomic E-state index is -0.246. The second-order valence-corrected chi connectivity index (χ2v) is 6.19. The van der Waals surface area contributed by atoms with E-state index in [4.69, 9.17) is 0 Å². The predicted octanol–water partition coefficient (Wildman–Crippen LogP) is 4.57. The summed E-state index contributed by atoms with van der Waals surface area (Å²) in [6, 6.07) is 8.65. The van der Waals surface area contributed by atoms with E-state index in [9.17, 15) is 5.11 Å². The average molecular weight is 244 g/mol. The molecule has 0 radical (unpaired) electrons. The lowest BCUT2D eigenvalue weighted by atomic mass is 9.95. The minimum Gasteiger partial charge on any atom is -0.388 e. The van der Waals surface area contributed by atoms with Crippen LogP contribution in [0.3, 0.4) is 0 Å². The molecule has 1 N–H and O–H groups in total. The Kier molecular flexibility index (Phi) is 3.69. The van der Waals surface area contributed by atoms with Crippen molar-refractivity contribution in [1.29, 1.82) is 0 Å². The van der Waals surface area contributed by atoms with E-state index in [2.05, 4.69) is 24.3 Å². The average Bonchev–Trinajstić information content (AvgIpc) is 3.13. The SMILES string of the molecule is OC(CCC1CCCC1)c1cccc(C2CC2)c1. The van der Waals surface area contributed by atoms with Crippen molar-refractivity contribution < 1.29 is 5.11 Å². The van der Waals surface area contributed by atoms with Crippen LogP contribution in [0.4, 0.5) is 0 Å². The third-order valence-electron chi connectivity index (χ3n) is 4.67. The van der Waals surface area contributed by atoms with E-state index < -0.39 is 0 Å². The molecule has 0 spiro atoms. The largest absolute Gasteiger partial charge is 0.388 e. The first-order valence-electron chi connectivity index (χ1n) is 7.61. The van der Waals surface area contributed by atoms with Gasteiger partial charge in [0.2, 0.25) is 0 Å². The van der Waals surface area contributed by atoms with Crippen molar-refractivity contribution in [3.05, 3.63) is 35.4 Å². The highest BCUT2D eigenvalue weighted by Gasteiger charge is 2.24. The first-order chi connectivity index (χ1) is 8.83. The first kappa shape index (κ1) is 12.2. The third kappa shape index (κ3) is 2.95. The smallest absolute Gasteiger partial charge is 0.0790 e. The van der Waals surface area contributed by atoms with Crippen molar-refractivity contribution in [3.8, 4) is 0 Å². The Morgan fingerprint density at radius 3 is 2.61 bits per heavy atom. The Balaban J connectivity index is 1.56. The van der Waals surface area contributed by atoms with Crippen LogP contribution in [0, 0.1) is 5.92 Å². The van der Waals surface area contributed by atoms with Gasteiger partial charge in [0.1, 0.15) is 0 Å². The summed E-state index contributed by atoms with van der Waals surface area (Å²) in [5, 5.41) is 10.3. The summed E-state index contributed by atoms with van der Waals surface area (Å²) in [5.41, 5.74) is 2.57. The van der Waals surface area contributed by atoms with Gasteiger partial charge >= 0.3 is 0 Å². The van der Waals surface area contributed by atoms with Crippen LogP contribution in [-0.4, -0.2) is 5.11 Å². The first-order valence-corrected chi connectivity index (χ1v) is 7.61. The summed E-state index contributed by atoms with van der Waals surface area (Å²) in [6.45, 7) is 0. The van der Waals surface area contributed by atoms with Crippen molar-refractivity contribution in [2.45, 2.75) is 63.4 Å². The van der Waals surface area contributed by atoms with Gasteiger partial charge in [-0.3, -0.25) is 0 Å². The van der Waals surface area contributed by atoms with Crippen LogP contribution in [0.25, 0.3) is 0 Å². The van der Waals surface area contributed by atoms with Gasteiger partial charge in [-0.05, 0) is 48.6 Å². The second kappa shape index (κ2) is 5.44. The Hall–Kier alpha value is -0.820. The van der Waals surface area contributed by atoms with E-state index in [0.717, 1.165) is 23.8 Å². The predicted molar refractivity (Wildman–Crippen MR) is 74.6 cm³/mol. The normalized spacial score (nSPS) is 22.3. The second-order valence-electron chi connectivity index (χ2n) is 6.19. The molecule has 1 nitrogen and oxygen atoms in total. The Morgan fingerprint density at radius 2 is 1.89 bits per heavy atom. The molecule has 1 aromatic rings. The standard InChI is InChI=1S/C17H24O/c18-17(11-8-13-4-1-2-5-13)16-7-3-6-15(12-16)14-9-10-14/h3,6-7,12-14,17-18H,1-2,4-5,8-11H2. The molecule has 0 bridgehead atoms. The molecule has 0 heterocycles. The maximum Gasteiger partial charge on any atom is 0.0790 e. The van der Waals surface area contributed by atoms with Crippen LogP contribution in [0.1, 0.15) is 74.5 Å². The number of aliphatic hydroxyl groups excluding tert-OH is 1. The highest BCUT2D eigenvalue weighted by molar-refractivity contribution is 5.30. The highest BCUT2D eigenvalue weighted by atomic mass is 16.3. The van der Waals surface area contributed by atoms with Gasteiger partial charge in [-0.25, -0.2) is 0 Å². The number of benzene rings is 1. The van der Waals surface area contributed by atoms with Crippen molar-refractivity contribution in [1.82, 2.24) is 0 Å². The number of aliphatic hydroxyl groups is 1. The summed E-state index contributed by atoms with van der Waals surface area (Å²) in [5.74, 6) is 1.67. The monoisotopic (exact) mass is 244 g/mol. The van der Waals surface area contributed by atoms with Crippen molar-refractivity contribution in [2.24, 2.45) is 5.92 Å². The molecule has 1 heteroatoms. The van der Waals surface area contributed by atoms with Crippen molar-refractivity contribution in [3.63, 3.8) is 0 Å². The molecule has 2 fully saturated rings. The lowest BCUT2D eigenvalue weighted by Crippen LogP contribution is -2.02. The fourth-order valence-corrected chi connectivity index (χ4v) is 3.30. The van der Waals surface area contributed by atoms with Crippen LogP contribution in [0.5, 0.6) is 0 Å². The van der Waals surface area contributed by atoms with E-state index in [-0.39, 0.29) is 6.10 Å². The van der Waals surface area contributed by atoms with E-state index in [1.165, 1.54) is 50.5 Å². The van der Waals surface area contributed by atoms with Gasteiger partial charge in [0.25, 0.3) is 0 Å². The van der Waals surface area contributed by atoms with Gasteiger partial charge in [-0.1, -0.05) is 49.9 Å². The zero-order chi connectivity index (χ0) is 12.4. The highest BCUT2D eigenvalue weighted by Crippen LogP contribution is 2.41. The third-order valence-corrected chi connectivity index (χ3v) is 4.67. The number of hydrogen-bond acceptors (Lipinski definition) is 1. The summed E-state index contributed by atoms with van der Waals surface area (Å²) in [7, 11) is 0. The van der Waals surface area contributed by atoms with Crippen LogP contribution >= 0.6 is 0 Å². The van der Waals surface area contributed by atoms with Crippen LogP contribution < -0.4 is 0 Å². The Morgan fingerprint density at radius 1 is 1.11 bits per heavy atom. The van der Waals surface area contributed by atoms with Crippen molar-refractivity contribution >= 4 is 0 Å². The maximum absolute atomic E-state index is 10.3. The summed E-state index contributed by atoms with van der Waals surface area (Å²) < 4.78 is 0. The van der Waals surface area contributed by atoms with Crippen LogP contribution in [-0.2, 0) is 0 Å². The summed E-state index contributed by atoms with van der Waals surface area (Å²) in [6.07, 6.45) is 10.1. The molecule has 0 aromatic heterocycles. The molecule has 18 heavy (non-hydrogen) atoms.